The Bertz CT molecular complexity index is 883. The molecule has 28 heavy (non-hydrogen) atoms. The zero-order valence-corrected chi connectivity index (χ0v) is 17.8. The number of methoxy groups -OCH3 is 1. The van der Waals surface area contributed by atoms with Crippen LogP contribution in [-0.2, 0) is 21.2 Å². The predicted octanol–water partition coefficient (Wildman–Crippen LogP) is 3.25. The van der Waals surface area contributed by atoms with Gasteiger partial charge in [0, 0.05) is 11.6 Å². The average Bonchev–Trinajstić information content (AvgIpc) is 2.66. The van der Waals surface area contributed by atoms with Crippen molar-refractivity contribution < 1.29 is 17.9 Å². The number of hydrogen-bond donors (Lipinski definition) is 1. The minimum atomic E-state index is -3.64. The summed E-state index contributed by atoms with van der Waals surface area (Å²) in [5.41, 5.74) is 1.54. The van der Waals surface area contributed by atoms with E-state index < -0.39 is 16.1 Å². The quantitative estimate of drug-likeness (QED) is 0.627. The first-order valence-electron chi connectivity index (χ1n) is 8.88. The first-order chi connectivity index (χ1) is 13.2. The van der Waals surface area contributed by atoms with Crippen LogP contribution in [0.1, 0.15) is 18.9 Å². The van der Waals surface area contributed by atoms with Crippen LogP contribution in [0.5, 0.6) is 5.75 Å². The van der Waals surface area contributed by atoms with Crippen LogP contribution in [0, 0.1) is 0 Å². The first-order valence-corrected chi connectivity index (χ1v) is 11.1. The molecule has 0 aliphatic heterocycles. The second kappa shape index (κ2) is 9.80. The largest absolute Gasteiger partial charge is 0.497 e. The van der Waals surface area contributed by atoms with Crippen LogP contribution >= 0.6 is 11.6 Å². The van der Waals surface area contributed by atoms with Gasteiger partial charge in [-0.05, 0) is 61.7 Å². The van der Waals surface area contributed by atoms with Crippen LogP contribution in [0.25, 0.3) is 0 Å². The molecule has 0 aromatic heterocycles. The maximum Gasteiger partial charge on any atom is 0.243 e. The second-order valence-corrected chi connectivity index (χ2v) is 8.75. The minimum Gasteiger partial charge on any atom is -0.497 e. The maximum atomic E-state index is 12.5. The van der Waals surface area contributed by atoms with Crippen molar-refractivity contribution in [3.8, 4) is 5.75 Å². The van der Waals surface area contributed by atoms with E-state index >= 15 is 0 Å². The number of amides is 1. The van der Waals surface area contributed by atoms with E-state index in [0.29, 0.717) is 23.0 Å². The summed E-state index contributed by atoms with van der Waals surface area (Å²) in [4.78, 5) is 12.5. The lowest BCUT2D eigenvalue weighted by atomic mass is 10.1. The molecule has 0 saturated heterocycles. The molecular formula is C20H25ClN2O4S. The topological polar surface area (TPSA) is 75.7 Å². The molecule has 1 atom stereocenters. The number of rotatable bonds is 9. The second-order valence-electron chi connectivity index (χ2n) is 6.45. The first kappa shape index (κ1) is 22.0. The van der Waals surface area contributed by atoms with Gasteiger partial charge in [0.05, 0.1) is 19.1 Å². The molecule has 1 N–H and O–H groups in total. The SMILES string of the molecule is COc1ccc(N([C@@H](C)C(=O)NCCCc2ccc(Cl)cc2)S(C)(=O)=O)cc1. The summed E-state index contributed by atoms with van der Waals surface area (Å²) in [6, 6.07) is 13.2. The van der Waals surface area contributed by atoms with Crippen molar-refractivity contribution >= 4 is 33.2 Å². The van der Waals surface area contributed by atoms with E-state index in [4.69, 9.17) is 16.3 Å². The van der Waals surface area contributed by atoms with Gasteiger partial charge in [0.25, 0.3) is 0 Å². The van der Waals surface area contributed by atoms with E-state index in [1.54, 1.807) is 31.2 Å². The monoisotopic (exact) mass is 424 g/mol. The fraction of sp³-hybridized carbons (Fsp3) is 0.350. The zero-order valence-electron chi connectivity index (χ0n) is 16.2. The normalized spacial score (nSPS) is 12.3. The van der Waals surface area contributed by atoms with Crippen molar-refractivity contribution in [3.63, 3.8) is 0 Å². The number of hydrogen-bond acceptors (Lipinski definition) is 4. The van der Waals surface area contributed by atoms with Crippen molar-refractivity contribution in [2.45, 2.75) is 25.8 Å². The molecule has 152 valence electrons. The Morgan fingerprint density at radius 1 is 1.14 bits per heavy atom. The maximum absolute atomic E-state index is 12.5. The van der Waals surface area contributed by atoms with Gasteiger partial charge in [-0.15, -0.1) is 0 Å². The van der Waals surface area contributed by atoms with Crippen LogP contribution in [0.15, 0.2) is 48.5 Å². The highest BCUT2D eigenvalue weighted by atomic mass is 35.5. The van der Waals surface area contributed by atoms with Crippen molar-refractivity contribution in [3.05, 3.63) is 59.1 Å². The molecule has 1 amide bonds. The van der Waals surface area contributed by atoms with Gasteiger partial charge in [0.15, 0.2) is 0 Å². The molecular weight excluding hydrogens is 400 g/mol. The molecule has 0 unspecified atom stereocenters. The summed E-state index contributed by atoms with van der Waals surface area (Å²) < 4.78 is 30.8. The van der Waals surface area contributed by atoms with Crippen LogP contribution < -0.4 is 14.4 Å². The third-order valence-corrected chi connectivity index (χ3v) is 5.76. The molecule has 0 spiro atoms. The third-order valence-electron chi connectivity index (χ3n) is 4.27. The smallest absolute Gasteiger partial charge is 0.243 e. The van der Waals surface area contributed by atoms with Crippen LogP contribution in [-0.4, -0.2) is 40.3 Å². The minimum absolute atomic E-state index is 0.350. The Balaban J connectivity index is 1.97. The lowest BCUT2D eigenvalue weighted by Gasteiger charge is -2.28. The molecule has 0 bridgehead atoms. The molecule has 0 radical (unpaired) electrons. The average molecular weight is 425 g/mol. The number of anilines is 1. The molecule has 0 fully saturated rings. The number of ether oxygens (including phenoxy) is 1. The van der Waals surface area contributed by atoms with Crippen LogP contribution in [0.2, 0.25) is 5.02 Å². The number of aryl methyl sites for hydroxylation is 1. The molecule has 2 aromatic carbocycles. The highest BCUT2D eigenvalue weighted by Crippen LogP contribution is 2.23. The van der Waals surface area contributed by atoms with E-state index in [-0.39, 0.29) is 5.91 Å². The Morgan fingerprint density at radius 3 is 2.29 bits per heavy atom. The highest BCUT2D eigenvalue weighted by Gasteiger charge is 2.28. The van der Waals surface area contributed by atoms with Gasteiger partial charge in [-0.1, -0.05) is 23.7 Å². The number of sulfonamides is 1. The van der Waals surface area contributed by atoms with Crippen LogP contribution in [0.3, 0.4) is 0 Å². The Morgan fingerprint density at radius 2 is 1.75 bits per heavy atom. The van der Waals surface area contributed by atoms with Gasteiger partial charge in [-0.3, -0.25) is 9.10 Å². The van der Waals surface area contributed by atoms with Gasteiger partial charge < -0.3 is 10.1 Å². The van der Waals surface area contributed by atoms with Gasteiger partial charge >= 0.3 is 0 Å². The van der Waals surface area contributed by atoms with E-state index in [9.17, 15) is 13.2 Å². The van der Waals surface area contributed by atoms with Gasteiger partial charge in [0.2, 0.25) is 15.9 Å². The number of nitrogens with one attached hydrogen (secondary N) is 1. The molecule has 2 rings (SSSR count). The zero-order chi connectivity index (χ0) is 20.7. The molecule has 8 heteroatoms. The van der Waals surface area contributed by atoms with Gasteiger partial charge in [-0.25, -0.2) is 8.42 Å². The van der Waals surface area contributed by atoms with Crippen molar-refractivity contribution in [1.29, 1.82) is 0 Å². The van der Waals surface area contributed by atoms with Crippen molar-refractivity contribution in [2.24, 2.45) is 0 Å². The fourth-order valence-electron chi connectivity index (χ4n) is 2.84. The standard InChI is InChI=1S/C20H25ClN2O4S/c1-15(20(24)22-14-4-5-16-6-8-17(21)9-7-16)23(28(3,25)26)18-10-12-19(27-2)13-11-18/h6-13,15H,4-5,14H2,1-3H3,(H,22,24)/t15-/m0/s1. The summed E-state index contributed by atoms with van der Waals surface area (Å²) in [7, 11) is -2.11. The lowest BCUT2D eigenvalue weighted by molar-refractivity contribution is -0.121. The van der Waals surface area contributed by atoms with E-state index in [1.165, 1.54) is 7.11 Å². The predicted molar refractivity (Wildman–Crippen MR) is 113 cm³/mol. The molecule has 6 nitrogen and oxygen atoms in total. The van der Waals surface area contributed by atoms with Crippen LogP contribution in [0.4, 0.5) is 5.69 Å². The fourth-order valence-corrected chi connectivity index (χ4v) is 4.14. The number of benzene rings is 2. The van der Waals surface area contributed by atoms with E-state index in [2.05, 4.69) is 5.32 Å². The summed E-state index contributed by atoms with van der Waals surface area (Å²) in [6.45, 7) is 2.02. The van der Waals surface area contributed by atoms with E-state index in [1.807, 2.05) is 24.3 Å². The number of carbonyl (C=O) groups is 1. The molecule has 0 aliphatic rings. The Hall–Kier alpha value is -2.25. The molecule has 0 heterocycles. The summed E-state index contributed by atoms with van der Waals surface area (Å²) in [6.07, 6.45) is 2.61. The molecule has 0 aliphatic carbocycles. The lowest BCUT2D eigenvalue weighted by Crippen LogP contribution is -2.48. The number of nitrogens with zero attached hydrogens (tertiary/aromatic N) is 1. The number of halogens is 1. The van der Waals surface area contributed by atoms with Crippen molar-refractivity contribution in [1.82, 2.24) is 5.32 Å². The summed E-state index contributed by atoms with van der Waals surface area (Å²) >= 11 is 5.87. The number of carbonyl (C=O) groups excluding carboxylic acids is 1. The molecule has 2 aromatic rings. The van der Waals surface area contributed by atoms with Gasteiger partial charge in [-0.2, -0.15) is 0 Å². The third kappa shape index (κ3) is 6.14. The van der Waals surface area contributed by atoms with E-state index in [0.717, 1.165) is 29.0 Å². The Kier molecular flexibility index (Phi) is 7.71. The summed E-state index contributed by atoms with van der Waals surface area (Å²) in [5.74, 6) is 0.258. The van der Waals surface area contributed by atoms with Gasteiger partial charge in [0.1, 0.15) is 11.8 Å². The Labute approximate surface area is 171 Å². The highest BCUT2D eigenvalue weighted by molar-refractivity contribution is 7.92. The van der Waals surface area contributed by atoms with Crippen molar-refractivity contribution in [2.75, 3.05) is 24.2 Å². The summed E-state index contributed by atoms with van der Waals surface area (Å²) in [5, 5.41) is 3.50. The molecule has 0 saturated carbocycles.